The van der Waals surface area contributed by atoms with E-state index in [1.807, 2.05) is 0 Å². The zero-order valence-corrected chi connectivity index (χ0v) is 23.1. The third-order valence-corrected chi connectivity index (χ3v) is 6.40. The first kappa shape index (κ1) is 29.3. The maximum absolute atomic E-state index is 15.9. The first-order chi connectivity index (χ1) is 18.6. The number of carbonyl (C=O) groups is 2. The fourth-order valence-electron chi connectivity index (χ4n) is 4.77. The number of amidine groups is 1. The van der Waals surface area contributed by atoms with E-state index in [4.69, 9.17) is 14.2 Å². The summed E-state index contributed by atoms with van der Waals surface area (Å²) in [6, 6.07) is 2.79. The number of aromatic nitrogens is 1. The lowest BCUT2D eigenvalue weighted by Gasteiger charge is -2.45. The fraction of sp³-hybridized carbons (Fsp3) is 0.500. The van der Waals surface area contributed by atoms with Crippen molar-refractivity contribution in [2.24, 2.45) is 10.9 Å². The molecule has 1 saturated heterocycles. The highest BCUT2D eigenvalue weighted by Gasteiger charge is 2.67. The van der Waals surface area contributed by atoms with Crippen LogP contribution in [0.5, 0.6) is 0 Å². The minimum absolute atomic E-state index is 0.0912. The van der Waals surface area contributed by atoms with Crippen LogP contribution in [0.25, 0.3) is 11.1 Å². The third kappa shape index (κ3) is 5.77. The largest absolute Gasteiger partial charge is 0.461 e. The molecule has 1 aromatic heterocycles. The molecule has 2 heterocycles. The Balaban J connectivity index is 1.95. The number of ether oxygens (including phenoxy) is 3. The molecular formula is C28H32F3N3O6. The quantitative estimate of drug-likeness (QED) is 0.513. The van der Waals surface area contributed by atoms with Gasteiger partial charge in [0, 0.05) is 23.2 Å². The van der Waals surface area contributed by atoms with Gasteiger partial charge in [-0.25, -0.2) is 27.7 Å². The molecule has 0 spiro atoms. The smallest absolute Gasteiger partial charge is 0.438 e. The number of aliphatic imine (C=N–C) groups is 1. The number of carbonyl (C=O) groups excluding carboxylic acids is 2. The SMILES string of the molecule is CC(C)(C)OC(=O)/N=C1\OC2CC2C(CF)(c2cc(-c3cncc(F)c3)c(CO)cc2F)N1C(=O)OC(C)(C)C. The van der Waals surface area contributed by atoms with Crippen molar-refractivity contribution >= 4 is 18.2 Å². The van der Waals surface area contributed by atoms with Crippen molar-refractivity contribution in [3.8, 4) is 11.1 Å². The summed E-state index contributed by atoms with van der Waals surface area (Å²) >= 11 is 0. The molecule has 0 radical (unpaired) electrons. The zero-order valence-electron chi connectivity index (χ0n) is 23.1. The lowest BCUT2D eigenvalue weighted by Crippen LogP contribution is -2.61. The van der Waals surface area contributed by atoms with Crippen LogP contribution < -0.4 is 0 Å². The van der Waals surface area contributed by atoms with E-state index >= 15 is 8.78 Å². The van der Waals surface area contributed by atoms with Crippen molar-refractivity contribution in [3.63, 3.8) is 0 Å². The van der Waals surface area contributed by atoms with Crippen LogP contribution in [0.15, 0.2) is 35.6 Å². The van der Waals surface area contributed by atoms with E-state index < -0.39 is 71.9 Å². The summed E-state index contributed by atoms with van der Waals surface area (Å²) in [5.41, 5.74) is -3.87. The summed E-state index contributed by atoms with van der Waals surface area (Å²) in [6.07, 6.45) is -0.414. The van der Waals surface area contributed by atoms with Gasteiger partial charge in [-0.3, -0.25) is 4.98 Å². The van der Waals surface area contributed by atoms with Crippen LogP contribution >= 0.6 is 0 Å². The number of rotatable bonds is 4. The van der Waals surface area contributed by atoms with Gasteiger partial charge >= 0.3 is 18.2 Å². The predicted octanol–water partition coefficient (Wildman–Crippen LogP) is 5.63. The number of benzene rings is 1. The summed E-state index contributed by atoms with van der Waals surface area (Å²) in [4.78, 5) is 34.7. The summed E-state index contributed by atoms with van der Waals surface area (Å²) in [6.45, 7) is 7.68. The van der Waals surface area contributed by atoms with Crippen LogP contribution in [0.3, 0.4) is 0 Å². The zero-order chi connectivity index (χ0) is 29.6. The van der Waals surface area contributed by atoms with Gasteiger partial charge in [0.2, 0.25) is 0 Å². The molecule has 2 amide bonds. The Morgan fingerprint density at radius 1 is 1.12 bits per heavy atom. The Kier molecular flexibility index (Phi) is 7.61. The van der Waals surface area contributed by atoms with Gasteiger partial charge in [-0.15, -0.1) is 4.99 Å². The lowest BCUT2D eigenvalue weighted by atomic mass is 9.81. The van der Waals surface area contributed by atoms with Crippen LogP contribution in [-0.4, -0.2) is 57.2 Å². The van der Waals surface area contributed by atoms with Crippen LogP contribution in [0, 0.1) is 17.6 Å². The normalized spacial score (nSPS) is 23.4. The van der Waals surface area contributed by atoms with Gasteiger partial charge < -0.3 is 19.3 Å². The highest BCUT2D eigenvalue weighted by atomic mass is 19.1. The predicted molar refractivity (Wildman–Crippen MR) is 138 cm³/mol. The monoisotopic (exact) mass is 563 g/mol. The summed E-state index contributed by atoms with van der Waals surface area (Å²) < 4.78 is 62.0. The van der Waals surface area contributed by atoms with Crippen molar-refractivity contribution < 1.29 is 42.1 Å². The Morgan fingerprint density at radius 3 is 2.38 bits per heavy atom. The fourth-order valence-corrected chi connectivity index (χ4v) is 4.77. The number of amides is 2. The molecule has 0 bridgehead atoms. The second-order valence-electron chi connectivity index (χ2n) is 11.8. The van der Waals surface area contributed by atoms with Crippen molar-refractivity contribution in [2.75, 3.05) is 6.67 Å². The third-order valence-electron chi connectivity index (χ3n) is 6.40. The summed E-state index contributed by atoms with van der Waals surface area (Å²) in [5.74, 6) is -2.36. The van der Waals surface area contributed by atoms with Gasteiger partial charge in [-0.05, 0) is 77.3 Å². The average molecular weight is 564 g/mol. The number of aliphatic hydroxyl groups excluding tert-OH is 1. The number of alkyl halides is 1. The van der Waals surface area contributed by atoms with E-state index in [0.29, 0.717) is 0 Å². The molecule has 1 saturated carbocycles. The van der Waals surface area contributed by atoms with Crippen LogP contribution in [-0.2, 0) is 26.4 Å². The Hall–Kier alpha value is -3.67. The van der Waals surface area contributed by atoms with E-state index in [2.05, 4.69) is 9.98 Å². The number of hydrogen-bond acceptors (Lipinski definition) is 7. The molecule has 2 aliphatic rings. The van der Waals surface area contributed by atoms with Crippen molar-refractivity contribution in [3.05, 3.63) is 53.4 Å². The minimum Gasteiger partial charge on any atom is -0.461 e. The molecule has 12 heteroatoms. The van der Waals surface area contributed by atoms with Gasteiger partial charge in [-0.1, -0.05) is 0 Å². The highest BCUT2D eigenvalue weighted by Crippen LogP contribution is 2.56. The molecule has 9 nitrogen and oxygen atoms in total. The van der Waals surface area contributed by atoms with Gasteiger partial charge in [0.1, 0.15) is 41.2 Å². The van der Waals surface area contributed by atoms with E-state index in [9.17, 15) is 19.1 Å². The van der Waals surface area contributed by atoms with Crippen LogP contribution in [0.2, 0.25) is 0 Å². The number of hydrogen-bond donors (Lipinski definition) is 1. The first-order valence-corrected chi connectivity index (χ1v) is 12.7. The second kappa shape index (κ2) is 10.4. The standard InChI is InChI=1S/C28H32F3N3O6/c1-26(2,3)39-24(36)33-23-34(25(37)40-27(4,5)6)28(14-29,20-10-22(20)38-23)19-9-18(16(13-35)8-21(19)31)15-7-17(30)12-32-11-15/h7-9,11-12,20,22,35H,10,13-14H2,1-6H3/b33-23-. The van der Waals surface area contributed by atoms with Crippen LogP contribution in [0.1, 0.15) is 59.1 Å². The van der Waals surface area contributed by atoms with E-state index in [-0.39, 0.29) is 28.7 Å². The molecular weight excluding hydrogens is 531 g/mol. The molecule has 4 rings (SSSR count). The Bertz CT molecular complexity index is 1350. The molecule has 1 aromatic carbocycles. The molecule has 3 unspecified atom stereocenters. The Morgan fingerprint density at radius 2 is 1.80 bits per heavy atom. The molecule has 1 aliphatic heterocycles. The Labute approximate surface area is 230 Å². The molecule has 40 heavy (non-hydrogen) atoms. The molecule has 1 aliphatic carbocycles. The summed E-state index contributed by atoms with van der Waals surface area (Å²) in [5, 5.41) is 9.93. The van der Waals surface area contributed by atoms with E-state index in [1.165, 1.54) is 12.3 Å². The van der Waals surface area contributed by atoms with Crippen molar-refractivity contribution in [2.45, 2.75) is 77.4 Å². The van der Waals surface area contributed by atoms with Crippen LogP contribution in [0.4, 0.5) is 22.8 Å². The van der Waals surface area contributed by atoms with Gasteiger partial charge in [0.15, 0.2) is 0 Å². The second-order valence-corrected chi connectivity index (χ2v) is 11.8. The number of nitrogens with zero attached hydrogens (tertiary/aromatic N) is 3. The van der Waals surface area contributed by atoms with E-state index in [1.54, 1.807) is 41.5 Å². The van der Waals surface area contributed by atoms with Gasteiger partial charge in [-0.2, -0.15) is 0 Å². The maximum Gasteiger partial charge on any atom is 0.438 e. The molecule has 2 fully saturated rings. The number of pyridine rings is 1. The number of aliphatic hydroxyl groups is 1. The molecule has 216 valence electrons. The highest BCUT2D eigenvalue weighted by molar-refractivity contribution is 5.98. The topological polar surface area (TPSA) is 111 Å². The number of halogens is 3. The minimum atomic E-state index is -2.06. The van der Waals surface area contributed by atoms with Gasteiger partial charge in [0.05, 0.1) is 12.8 Å². The number of fused-ring (bicyclic) bond motifs is 1. The lowest BCUT2D eigenvalue weighted by molar-refractivity contribution is -0.0218. The first-order valence-electron chi connectivity index (χ1n) is 12.7. The van der Waals surface area contributed by atoms with Crippen molar-refractivity contribution in [1.82, 2.24) is 9.88 Å². The van der Waals surface area contributed by atoms with Gasteiger partial charge in [0.25, 0.3) is 0 Å². The molecule has 1 N–H and O–H groups in total. The molecule has 3 atom stereocenters. The van der Waals surface area contributed by atoms with Crippen molar-refractivity contribution in [1.29, 1.82) is 0 Å². The van der Waals surface area contributed by atoms with E-state index in [0.717, 1.165) is 23.2 Å². The maximum atomic E-state index is 15.9. The average Bonchev–Trinajstić information content (AvgIpc) is 3.60. The summed E-state index contributed by atoms with van der Waals surface area (Å²) in [7, 11) is 0. The molecule has 2 aromatic rings.